The van der Waals surface area contributed by atoms with Crippen LogP contribution in [-0.4, -0.2) is 5.97 Å². The smallest absolute Gasteiger partial charge is 0.312 e. The summed E-state index contributed by atoms with van der Waals surface area (Å²) in [6.07, 6.45) is 0. The number of rotatable bonds is 2. The van der Waals surface area contributed by atoms with E-state index in [-0.39, 0.29) is 11.8 Å². The highest BCUT2D eigenvalue weighted by molar-refractivity contribution is 5.75. The Morgan fingerprint density at radius 2 is 1.76 bits per heavy atom. The van der Waals surface area contributed by atoms with Gasteiger partial charge in [0.25, 0.3) is 0 Å². The lowest BCUT2D eigenvalue weighted by Crippen LogP contribution is -2.32. The summed E-state index contributed by atoms with van der Waals surface area (Å²) in [5.74, 6) is -0.630. The molecule has 0 spiro atoms. The lowest BCUT2D eigenvalue weighted by Gasteiger charge is -2.29. The van der Waals surface area contributed by atoms with Crippen molar-refractivity contribution >= 4 is 5.97 Å². The largest absolute Gasteiger partial charge is 0.454 e. The monoisotopic (exact) mass is 238 g/mol. The first-order chi connectivity index (χ1) is 7.63. The van der Waals surface area contributed by atoms with Gasteiger partial charge in [-0.05, 0) is 52.3 Å². The first kappa shape index (κ1) is 13.7. The van der Waals surface area contributed by atoms with Crippen LogP contribution in [0.2, 0.25) is 0 Å². The molecular weight excluding hydrogens is 219 g/mol. The molecule has 0 fully saturated rings. The SMILES string of the molecule is CC(C)(C)C(=O)OC(C)(C)c1cccc(F)c1. The maximum Gasteiger partial charge on any atom is 0.312 e. The number of halogens is 1. The summed E-state index contributed by atoms with van der Waals surface area (Å²) in [4.78, 5) is 11.8. The predicted molar refractivity (Wildman–Crippen MR) is 65.0 cm³/mol. The van der Waals surface area contributed by atoms with Gasteiger partial charge in [-0.3, -0.25) is 4.79 Å². The number of esters is 1. The number of carbonyl (C=O) groups excluding carboxylic acids is 1. The van der Waals surface area contributed by atoms with Gasteiger partial charge in [-0.1, -0.05) is 12.1 Å². The lowest BCUT2D eigenvalue weighted by molar-refractivity contribution is -0.167. The van der Waals surface area contributed by atoms with Crippen LogP contribution in [0.4, 0.5) is 4.39 Å². The molecule has 0 unspecified atom stereocenters. The Balaban J connectivity index is 2.93. The van der Waals surface area contributed by atoms with Crippen molar-refractivity contribution in [3.05, 3.63) is 35.6 Å². The minimum atomic E-state index is -0.827. The van der Waals surface area contributed by atoms with Crippen molar-refractivity contribution in [2.75, 3.05) is 0 Å². The number of ether oxygens (including phenoxy) is 1. The molecule has 0 amide bonds. The molecule has 0 aliphatic heterocycles. The zero-order valence-corrected chi connectivity index (χ0v) is 11.0. The molecule has 17 heavy (non-hydrogen) atoms. The van der Waals surface area contributed by atoms with Crippen LogP contribution in [0.15, 0.2) is 24.3 Å². The van der Waals surface area contributed by atoms with Crippen LogP contribution >= 0.6 is 0 Å². The molecule has 1 aromatic rings. The molecule has 0 radical (unpaired) electrons. The van der Waals surface area contributed by atoms with Crippen molar-refractivity contribution in [2.24, 2.45) is 5.41 Å². The molecule has 94 valence electrons. The molecule has 0 aliphatic rings. The van der Waals surface area contributed by atoms with Crippen LogP contribution in [0, 0.1) is 11.2 Å². The van der Waals surface area contributed by atoms with Crippen molar-refractivity contribution in [1.29, 1.82) is 0 Å². The van der Waals surface area contributed by atoms with Crippen LogP contribution in [0.25, 0.3) is 0 Å². The minimum absolute atomic E-state index is 0.299. The summed E-state index contributed by atoms with van der Waals surface area (Å²) in [5.41, 5.74) is -0.744. The Kier molecular flexibility index (Phi) is 3.60. The summed E-state index contributed by atoms with van der Waals surface area (Å²) in [6.45, 7) is 8.88. The van der Waals surface area contributed by atoms with Crippen molar-refractivity contribution in [3.63, 3.8) is 0 Å². The molecule has 1 rings (SSSR count). The van der Waals surface area contributed by atoms with E-state index in [9.17, 15) is 9.18 Å². The van der Waals surface area contributed by atoms with Gasteiger partial charge in [0.05, 0.1) is 5.41 Å². The fraction of sp³-hybridized carbons (Fsp3) is 0.500. The van der Waals surface area contributed by atoms with Gasteiger partial charge in [-0.2, -0.15) is 0 Å². The van der Waals surface area contributed by atoms with Gasteiger partial charge < -0.3 is 4.74 Å². The van der Waals surface area contributed by atoms with Crippen molar-refractivity contribution < 1.29 is 13.9 Å². The molecule has 2 nitrogen and oxygen atoms in total. The van der Waals surface area contributed by atoms with Gasteiger partial charge in [0.1, 0.15) is 11.4 Å². The van der Waals surface area contributed by atoms with Crippen LogP contribution in [0.5, 0.6) is 0 Å². The van der Waals surface area contributed by atoms with E-state index in [1.807, 2.05) is 0 Å². The molecule has 0 atom stereocenters. The number of carbonyl (C=O) groups is 1. The molecule has 0 heterocycles. The average molecular weight is 238 g/mol. The maximum absolute atomic E-state index is 13.1. The van der Waals surface area contributed by atoms with E-state index in [1.165, 1.54) is 12.1 Å². The fourth-order valence-electron chi connectivity index (χ4n) is 1.31. The quantitative estimate of drug-likeness (QED) is 0.735. The van der Waals surface area contributed by atoms with Crippen LogP contribution in [0.1, 0.15) is 40.2 Å². The molecular formula is C14H19FO2. The minimum Gasteiger partial charge on any atom is -0.454 e. The molecule has 3 heteroatoms. The Bertz CT molecular complexity index is 416. The topological polar surface area (TPSA) is 26.3 Å². The lowest BCUT2D eigenvalue weighted by atomic mass is 9.94. The van der Waals surface area contributed by atoms with Gasteiger partial charge in [-0.15, -0.1) is 0 Å². The maximum atomic E-state index is 13.1. The fourth-order valence-corrected chi connectivity index (χ4v) is 1.31. The van der Waals surface area contributed by atoms with E-state index in [0.29, 0.717) is 5.56 Å². The molecule has 0 saturated carbocycles. The number of hydrogen-bond donors (Lipinski definition) is 0. The summed E-state index contributed by atoms with van der Waals surface area (Å²) < 4.78 is 18.6. The van der Waals surface area contributed by atoms with Gasteiger partial charge in [0.15, 0.2) is 0 Å². The normalized spacial score (nSPS) is 12.4. The summed E-state index contributed by atoms with van der Waals surface area (Å²) in [5, 5.41) is 0. The third-order valence-corrected chi connectivity index (χ3v) is 2.48. The Morgan fingerprint density at radius 1 is 1.18 bits per heavy atom. The second kappa shape index (κ2) is 4.47. The van der Waals surface area contributed by atoms with E-state index in [4.69, 9.17) is 4.74 Å². The standard InChI is InChI=1S/C14H19FO2/c1-13(2,3)12(16)17-14(4,5)10-7-6-8-11(15)9-10/h6-9H,1-5H3. The van der Waals surface area contributed by atoms with Gasteiger partial charge >= 0.3 is 5.97 Å². The van der Waals surface area contributed by atoms with E-state index in [0.717, 1.165) is 0 Å². The average Bonchev–Trinajstić information content (AvgIpc) is 2.15. The first-order valence-corrected chi connectivity index (χ1v) is 5.62. The third-order valence-electron chi connectivity index (χ3n) is 2.48. The molecule has 0 aliphatic carbocycles. The van der Waals surface area contributed by atoms with Crippen molar-refractivity contribution in [1.82, 2.24) is 0 Å². The highest BCUT2D eigenvalue weighted by atomic mass is 19.1. The Hall–Kier alpha value is -1.38. The number of benzene rings is 1. The zero-order valence-electron chi connectivity index (χ0n) is 11.0. The van der Waals surface area contributed by atoms with Crippen molar-refractivity contribution in [3.8, 4) is 0 Å². The molecule has 0 N–H and O–H groups in total. The highest BCUT2D eigenvalue weighted by Gasteiger charge is 2.31. The Morgan fingerprint density at radius 3 is 2.24 bits per heavy atom. The van der Waals surface area contributed by atoms with Crippen LogP contribution < -0.4 is 0 Å². The van der Waals surface area contributed by atoms with Crippen LogP contribution in [-0.2, 0) is 15.1 Å². The summed E-state index contributed by atoms with van der Waals surface area (Å²) >= 11 is 0. The van der Waals surface area contributed by atoms with E-state index in [1.54, 1.807) is 46.8 Å². The third kappa shape index (κ3) is 3.55. The van der Waals surface area contributed by atoms with Gasteiger partial charge in [0.2, 0.25) is 0 Å². The van der Waals surface area contributed by atoms with Gasteiger partial charge in [0, 0.05) is 0 Å². The van der Waals surface area contributed by atoms with Gasteiger partial charge in [-0.25, -0.2) is 4.39 Å². The number of hydrogen-bond acceptors (Lipinski definition) is 2. The predicted octanol–water partition coefficient (Wildman–Crippen LogP) is 3.65. The van der Waals surface area contributed by atoms with E-state index >= 15 is 0 Å². The first-order valence-electron chi connectivity index (χ1n) is 5.62. The molecule has 0 bridgehead atoms. The summed E-state index contributed by atoms with van der Waals surface area (Å²) in [6, 6.07) is 6.11. The zero-order chi connectivity index (χ0) is 13.3. The highest BCUT2D eigenvalue weighted by Crippen LogP contribution is 2.28. The summed E-state index contributed by atoms with van der Waals surface area (Å²) in [7, 11) is 0. The van der Waals surface area contributed by atoms with E-state index in [2.05, 4.69) is 0 Å². The molecule has 0 aromatic heterocycles. The van der Waals surface area contributed by atoms with Crippen LogP contribution in [0.3, 0.4) is 0 Å². The second-order valence-electron chi connectivity index (χ2n) is 5.66. The second-order valence-corrected chi connectivity index (χ2v) is 5.66. The van der Waals surface area contributed by atoms with Crippen molar-refractivity contribution in [2.45, 2.75) is 40.2 Å². The molecule has 1 aromatic carbocycles. The molecule has 0 saturated heterocycles. The Labute approximate surface area is 102 Å². The van der Waals surface area contributed by atoms with E-state index < -0.39 is 11.0 Å².